The molecule has 2 aliphatic rings. The van der Waals surface area contributed by atoms with Crippen LogP contribution in [0.3, 0.4) is 0 Å². The SMILES string of the molecule is C[C@@H]1CC(C)(C)C[C@]2(C1)NC(=O)N(CC(=O)OCC(=O)c1ccccc1F)C2=O. The highest BCUT2D eigenvalue weighted by atomic mass is 19.1. The normalized spacial score (nSPS) is 25.8. The molecule has 0 aromatic heterocycles. The molecule has 3 rings (SSSR count). The Hall–Kier alpha value is -2.77. The lowest BCUT2D eigenvalue weighted by molar-refractivity contribution is -0.147. The number of halogens is 1. The summed E-state index contributed by atoms with van der Waals surface area (Å²) in [6.07, 6.45) is 1.95. The maximum absolute atomic E-state index is 13.6. The average Bonchev–Trinajstić information content (AvgIpc) is 2.81. The molecule has 1 saturated heterocycles. The van der Waals surface area contributed by atoms with Crippen molar-refractivity contribution in [3.63, 3.8) is 0 Å². The topological polar surface area (TPSA) is 92.8 Å². The van der Waals surface area contributed by atoms with Gasteiger partial charge in [0.1, 0.15) is 17.9 Å². The summed E-state index contributed by atoms with van der Waals surface area (Å²) in [6.45, 7) is 4.88. The van der Waals surface area contributed by atoms with Gasteiger partial charge in [-0.05, 0) is 42.7 Å². The van der Waals surface area contributed by atoms with Gasteiger partial charge in [-0.15, -0.1) is 0 Å². The average molecular weight is 404 g/mol. The number of carbonyl (C=O) groups is 4. The van der Waals surface area contributed by atoms with Gasteiger partial charge >= 0.3 is 12.0 Å². The van der Waals surface area contributed by atoms with Crippen LogP contribution >= 0.6 is 0 Å². The summed E-state index contributed by atoms with van der Waals surface area (Å²) < 4.78 is 18.5. The van der Waals surface area contributed by atoms with Gasteiger partial charge in [0, 0.05) is 0 Å². The van der Waals surface area contributed by atoms with Crippen molar-refractivity contribution in [3.05, 3.63) is 35.6 Å². The molecule has 1 heterocycles. The molecule has 0 bridgehead atoms. The molecule has 1 spiro atoms. The van der Waals surface area contributed by atoms with Crippen molar-refractivity contribution < 1.29 is 28.3 Å². The van der Waals surface area contributed by atoms with Gasteiger partial charge in [0.15, 0.2) is 6.61 Å². The first-order valence-electron chi connectivity index (χ1n) is 9.60. The number of urea groups is 1. The zero-order valence-corrected chi connectivity index (χ0v) is 16.8. The zero-order valence-electron chi connectivity index (χ0n) is 16.8. The van der Waals surface area contributed by atoms with Gasteiger partial charge in [0.2, 0.25) is 5.78 Å². The van der Waals surface area contributed by atoms with Crippen molar-refractivity contribution in [2.24, 2.45) is 11.3 Å². The van der Waals surface area contributed by atoms with E-state index >= 15 is 0 Å². The monoisotopic (exact) mass is 404 g/mol. The van der Waals surface area contributed by atoms with Crippen LogP contribution in [-0.2, 0) is 14.3 Å². The first kappa shape index (κ1) is 21.0. The molecule has 156 valence electrons. The number of benzene rings is 1. The first-order chi connectivity index (χ1) is 13.5. The quantitative estimate of drug-likeness (QED) is 0.463. The van der Waals surface area contributed by atoms with E-state index in [9.17, 15) is 23.6 Å². The number of esters is 1. The number of ketones is 1. The van der Waals surface area contributed by atoms with Crippen LogP contribution in [0.4, 0.5) is 9.18 Å². The van der Waals surface area contributed by atoms with Crippen molar-refractivity contribution >= 4 is 23.7 Å². The lowest BCUT2D eigenvalue weighted by Gasteiger charge is -2.43. The molecule has 7 nitrogen and oxygen atoms in total. The summed E-state index contributed by atoms with van der Waals surface area (Å²) in [6, 6.07) is 4.72. The van der Waals surface area contributed by atoms with Crippen molar-refractivity contribution in [1.82, 2.24) is 10.2 Å². The number of rotatable bonds is 5. The van der Waals surface area contributed by atoms with E-state index in [1.165, 1.54) is 18.2 Å². The lowest BCUT2D eigenvalue weighted by Crippen LogP contribution is -2.54. The maximum Gasteiger partial charge on any atom is 0.326 e. The number of hydrogen-bond donors (Lipinski definition) is 1. The fraction of sp³-hybridized carbons (Fsp3) is 0.524. The Bertz CT molecular complexity index is 868. The molecule has 2 atom stereocenters. The van der Waals surface area contributed by atoms with E-state index < -0.39 is 48.2 Å². The third-order valence-corrected chi connectivity index (χ3v) is 5.45. The van der Waals surface area contributed by atoms with Gasteiger partial charge in [-0.3, -0.25) is 19.3 Å². The molecule has 0 unspecified atom stereocenters. The van der Waals surface area contributed by atoms with Crippen LogP contribution in [-0.4, -0.2) is 47.3 Å². The summed E-state index contributed by atoms with van der Waals surface area (Å²) in [5, 5.41) is 2.77. The fourth-order valence-corrected chi connectivity index (χ4v) is 4.74. The highest BCUT2D eigenvalue weighted by Crippen LogP contribution is 2.46. The molecule has 2 fully saturated rings. The van der Waals surface area contributed by atoms with Gasteiger partial charge in [-0.2, -0.15) is 0 Å². The Morgan fingerprint density at radius 3 is 2.59 bits per heavy atom. The van der Waals surface area contributed by atoms with E-state index in [2.05, 4.69) is 19.2 Å². The highest BCUT2D eigenvalue weighted by molar-refractivity contribution is 6.09. The summed E-state index contributed by atoms with van der Waals surface area (Å²) in [5.74, 6) is -2.52. The smallest absolute Gasteiger partial charge is 0.326 e. The van der Waals surface area contributed by atoms with Gasteiger partial charge in [-0.25, -0.2) is 9.18 Å². The number of nitrogens with zero attached hydrogens (tertiary/aromatic N) is 1. The Morgan fingerprint density at radius 1 is 1.24 bits per heavy atom. The summed E-state index contributed by atoms with van der Waals surface area (Å²) in [5.41, 5.74) is -1.32. The van der Waals surface area contributed by atoms with E-state index in [0.29, 0.717) is 12.8 Å². The Morgan fingerprint density at radius 2 is 1.93 bits per heavy atom. The van der Waals surface area contributed by atoms with E-state index in [0.717, 1.165) is 17.4 Å². The number of imide groups is 1. The van der Waals surface area contributed by atoms with E-state index in [4.69, 9.17) is 4.74 Å². The fourth-order valence-electron chi connectivity index (χ4n) is 4.74. The Kier molecular flexibility index (Phi) is 5.47. The number of hydrogen-bond acceptors (Lipinski definition) is 5. The molecule has 3 amide bonds. The number of carbonyl (C=O) groups excluding carboxylic acids is 4. The Labute approximate surface area is 168 Å². The molecule has 0 radical (unpaired) electrons. The van der Waals surface area contributed by atoms with E-state index in [1.54, 1.807) is 0 Å². The van der Waals surface area contributed by atoms with E-state index in [1.807, 2.05) is 6.92 Å². The van der Waals surface area contributed by atoms with Gasteiger partial charge in [-0.1, -0.05) is 32.9 Å². The number of ether oxygens (including phenoxy) is 1. The molecule has 1 N–H and O–H groups in total. The molecular formula is C21H25FN2O5. The maximum atomic E-state index is 13.6. The van der Waals surface area contributed by atoms with Crippen LogP contribution in [0.2, 0.25) is 0 Å². The summed E-state index contributed by atoms with van der Waals surface area (Å²) >= 11 is 0. The Balaban J connectivity index is 1.62. The molecule has 29 heavy (non-hydrogen) atoms. The van der Waals surface area contributed by atoms with Crippen molar-refractivity contribution in [2.75, 3.05) is 13.2 Å². The van der Waals surface area contributed by atoms with Crippen LogP contribution in [0.5, 0.6) is 0 Å². The minimum Gasteiger partial charge on any atom is -0.456 e. The van der Waals surface area contributed by atoms with Crippen LogP contribution in [0, 0.1) is 17.2 Å². The number of amides is 3. The molecule has 1 aromatic rings. The van der Waals surface area contributed by atoms with Crippen molar-refractivity contribution in [1.29, 1.82) is 0 Å². The van der Waals surface area contributed by atoms with E-state index in [-0.39, 0.29) is 16.9 Å². The summed E-state index contributed by atoms with van der Waals surface area (Å²) in [4.78, 5) is 50.3. The third kappa shape index (κ3) is 4.31. The largest absolute Gasteiger partial charge is 0.456 e. The lowest BCUT2D eigenvalue weighted by atomic mass is 9.64. The molecule has 1 aliphatic carbocycles. The predicted molar refractivity (Wildman–Crippen MR) is 101 cm³/mol. The second kappa shape index (κ2) is 7.57. The molecule has 8 heteroatoms. The second-order valence-electron chi connectivity index (χ2n) is 8.82. The third-order valence-electron chi connectivity index (χ3n) is 5.45. The van der Waals surface area contributed by atoms with Gasteiger partial charge < -0.3 is 10.1 Å². The minimum absolute atomic E-state index is 0.122. The van der Waals surface area contributed by atoms with Gasteiger partial charge in [0.25, 0.3) is 5.91 Å². The molecular weight excluding hydrogens is 379 g/mol. The minimum atomic E-state index is -1.01. The van der Waals surface area contributed by atoms with Crippen molar-refractivity contribution in [2.45, 2.75) is 45.6 Å². The van der Waals surface area contributed by atoms with Crippen LogP contribution in [0.25, 0.3) is 0 Å². The molecule has 1 aromatic carbocycles. The van der Waals surface area contributed by atoms with Gasteiger partial charge in [0.05, 0.1) is 5.56 Å². The zero-order chi connectivity index (χ0) is 21.4. The van der Waals surface area contributed by atoms with Crippen LogP contribution in [0.15, 0.2) is 24.3 Å². The van der Waals surface area contributed by atoms with Crippen molar-refractivity contribution in [3.8, 4) is 0 Å². The second-order valence-corrected chi connectivity index (χ2v) is 8.82. The standard InChI is InChI=1S/C21H25FN2O5/c1-13-8-20(2,3)12-21(9-13)18(27)24(19(28)23-21)10-17(26)29-11-16(25)14-6-4-5-7-15(14)22/h4-7,13H,8-12H2,1-3H3,(H,23,28)/t13-,21+/m1/s1. The highest BCUT2D eigenvalue weighted by Gasteiger charge is 2.56. The van der Waals surface area contributed by atoms with Crippen LogP contribution in [0.1, 0.15) is 50.4 Å². The van der Waals surface area contributed by atoms with Crippen LogP contribution < -0.4 is 5.32 Å². The number of Topliss-reactive ketones (excluding diaryl/α,β-unsaturated/α-hetero) is 1. The first-order valence-corrected chi connectivity index (χ1v) is 9.60. The number of nitrogens with one attached hydrogen (secondary N) is 1. The molecule has 1 saturated carbocycles. The predicted octanol–water partition coefficient (Wildman–Crippen LogP) is 2.69. The summed E-state index contributed by atoms with van der Waals surface area (Å²) in [7, 11) is 0. The molecule has 1 aliphatic heterocycles.